The second-order valence-electron chi connectivity index (χ2n) is 11.2. The van der Waals surface area contributed by atoms with Gasteiger partial charge in [-0.15, -0.1) is 0 Å². The molecule has 0 aromatic heterocycles. The summed E-state index contributed by atoms with van der Waals surface area (Å²) in [4.78, 5) is 25.9. The molecule has 5 nitrogen and oxygen atoms in total. The lowest BCUT2D eigenvalue weighted by molar-refractivity contribution is -0.147. The highest BCUT2D eigenvalue weighted by atomic mass is 16.6. The minimum Gasteiger partial charge on any atom is -0.459 e. The van der Waals surface area contributed by atoms with Crippen LogP contribution in [0.25, 0.3) is 43.1 Å². The first-order valence-corrected chi connectivity index (χ1v) is 13.6. The lowest BCUT2D eigenvalue weighted by Crippen LogP contribution is -2.45. The summed E-state index contributed by atoms with van der Waals surface area (Å²) in [7, 11) is 0. The van der Waals surface area contributed by atoms with Crippen LogP contribution in [-0.2, 0) is 27.3 Å². The van der Waals surface area contributed by atoms with E-state index in [0.717, 1.165) is 21.9 Å². The molecule has 0 heterocycles. The van der Waals surface area contributed by atoms with E-state index >= 15 is 0 Å². The molecule has 0 aliphatic heterocycles. The molecule has 0 spiro atoms. The van der Waals surface area contributed by atoms with Crippen molar-refractivity contribution in [3.8, 4) is 0 Å². The molecule has 1 amide bonds. The van der Waals surface area contributed by atoms with E-state index < -0.39 is 23.7 Å². The number of rotatable bonds is 6. The zero-order valence-electron chi connectivity index (χ0n) is 22.9. The first-order chi connectivity index (χ1) is 19.3. The maximum atomic E-state index is 13.4. The van der Waals surface area contributed by atoms with E-state index in [9.17, 15) is 9.59 Å². The molecule has 0 saturated heterocycles. The van der Waals surface area contributed by atoms with Crippen LogP contribution in [0.5, 0.6) is 0 Å². The van der Waals surface area contributed by atoms with E-state index in [-0.39, 0.29) is 6.61 Å². The molecule has 6 aromatic carbocycles. The SMILES string of the molecule is CC(C)(C)OC(=O)NC(Cc1ccccc1)C(=O)OCc1ccc2c3cccc4cccc(c5cccc1c52)c43. The maximum absolute atomic E-state index is 13.4. The first-order valence-electron chi connectivity index (χ1n) is 13.6. The summed E-state index contributed by atoms with van der Waals surface area (Å²) in [6.45, 7) is 5.45. The summed E-state index contributed by atoms with van der Waals surface area (Å²) in [5.41, 5.74) is 1.14. The molecular formula is C35H31NO4. The summed E-state index contributed by atoms with van der Waals surface area (Å²) in [5.74, 6) is -0.509. The van der Waals surface area contributed by atoms with Crippen LogP contribution in [0.2, 0.25) is 0 Å². The Morgan fingerprint density at radius 3 is 1.98 bits per heavy atom. The predicted molar refractivity (Wildman–Crippen MR) is 161 cm³/mol. The molecule has 0 bridgehead atoms. The summed E-state index contributed by atoms with van der Waals surface area (Å²) in [6.07, 6.45) is -0.358. The van der Waals surface area contributed by atoms with Gasteiger partial charge in [0.15, 0.2) is 0 Å². The predicted octanol–water partition coefficient (Wildman–Crippen LogP) is 7.92. The molecule has 1 unspecified atom stereocenters. The van der Waals surface area contributed by atoms with Crippen molar-refractivity contribution >= 4 is 55.2 Å². The molecule has 0 radical (unpaired) electrons. The van der Waals surface area contributed by atoms with Crippen molar-refractivity contribution < 1.29 is 19.1 Å². The standard InChI is InChI=1S/C35H31NO4/c1-35(2,3)40-34(38)36-30(20-22-10-5-4-6-11-22)33(37)39-21-24-18-19-29-27-16-8-13-23-12-7-15-26(31(23)27)28-17-9-14-25(24)32(28)29/h4-19,30H,20-21H2,1-3H3,(H,36,38). The zero-order chi connectivity index (χ0) is 27.9. The fourth-order valence-electron chi connectivity index (χ4n) is 5.57. The molecular weight excluding hydrogens is 498 g/mol. The van der Waals surface area contributed by atoms with E-state index in [4.69, 9.17) is 9.47 Å². The summed E-state index contributed by atoms with van der Waals surface area (Å²) < 4.78 is 11.3. The largest absolute Gasteiger partial charge is 0.459 e. The van der Waals surface area contributed by atoms with Gasteiger partial charge in [-0.2, -0.15) is 0 Å². The van der Waals surface area contributed by atoms with Crippen LogP contribution >= 0.6 is 0 Å². The molecule has 40 heavy (non-hydrogen) atoms. The van der Waals surface area contributed by atoms with Crippen molar-refractivity contribution in [3.05, 3.63) is 108 Å². The second-order valence-corrected chi connectivity index (χ2v) is 11.2. The molecule has 5 heteroatoms. The third kappa shape index (κ3) is 4.91. The minimum atomic E-state index is -0.887. The van der Waals surface area contributed by atoms with Crippen molar-refractivity contribution in [1.29, 1.82) is 0 Å². The Kier molecular flexibility index (Phi) is 6.51. The van der Waals surface area contributed by atoms with Gasteiger partial charge in [0.1, 0.15) is 18.2 Å². The van der Waals surface area contributed by atoms with Gasteiger partial charge in [0, 0.05) is 6.42 Å². The van der Waals surface area contributed by atoms with Crippen LogP contribution in [0.4, 0.5) is 4.79 Å². The summed E-state index contributed by atoms with van der Waals surface area (Å²) in [5, 5.41) is 12.2. The van der Waals surface area contributed by atoms with Crippen LogP contribution in [0, 0.1) is 0 Å². The molecule has 1 N–H and O–H groups in total. The lowest BCUT2D eigenvalue weighted by atomic mass is 9.88. The topological polar surface area (TPSA) is 64.6 Å². The van der Waals surface area contributed by atoms with E-state index in [1.807, 2.05) is 36.4 Å². The van der Waals surface area contributed by atoms with Gasteiger partial charge in [-0.3, -0.25) is 0 Å². The fourth-order valence-corrected chi connectivity index (χ4v) is 5.57. The monoisotopic (exact) mass is 529 g/mol. The number of carbonyl (C=O) groups excluding carboxylic acids is 2. The number of esters is 1. The van der Waals surface area contributed by atoms with Crippen molar-refractivity contribution in [3.63, 3.8) is 0 Å². The van der Waals surface area contributed by atoms with Crippen molar-refractivity contribution in [2.24, 2.45) is 0 Å². The fraction of sp³-hybridized carbons (Fsp3) is 0.200. The zero-order valence-corrected chi connectivity index (χ0v) is 22.9. The van der Waals surface area contributed by atoms with Crippen molar-refractivity contribution in [1.82, 2.24) is 5.32 Å². The molecule has 0 fully saturated rings. The molecule has 6 aromatic rings. The Bertz CT molecular complexity index is 1800. The quantitative estimate of drug-likeness (QED) is 0.135. The van der Waals surface area contributed by atoms with Gasteiger partial charge in [-0.1, -0.05) is 97.1 Å². The molecule has 1 atom stereocenters. The van der Waals surface area contributed by atoms with Gasteiger partial charge < -0.3 is 14.8 Å². The van der Waals surface area contributed by atoms with Gasteiger partial charge in [0.2, 0.25) is 0 Å². The van der Waals surface area contributed by atoms with Crippen LogP contribution in [0.15, 0.2) is 97.1 Å². The van der Waals surface area contributed by atoms with Crippen molar-refractivity contribution in [2.75, 3.05) is 0 Å². The van der Waals surface area contributed by atoms with E-state index in [0.29, 0.717) is 6.42 Å². The Labute approximate surface area is 233 Å². The highest BCUT2D eigenvalue weighted by Gasteiger charge is 2.26. The van der Waals surface area contributed by atoms with Gasteiger partial charge in [0.05, 0.1) is 0 Å². The molecule has 0 saturated carbocycles. The smallest absolute Gasteiger partial charge is 0.408 e. The molecule has 200 valence electrons. The van der Waals surface area contributed by atoms with Gasteiger partial charge in [0.25, 0.3) is 0 Å². The molecule has 6 rings (SSSR count). The molecule has 0 aliphatic rings. The highest BCUT2D eigenvalue weighted by Crippen LogP contribution is 2.41. The number of hydrogen-bond acceptors (Lipinski definition) is 4. The summed E-state index contributed by atoms with van der Waals surface area (Å²) in [6, 6.07) is 32.0. The lowest BCUT2D eigenvalue weighted by Gasteiger charge is -2.23. The van der Waals surface area contributed by atoms with Crippen molar-refractivity contribution in [2.45, 2.75) is 45.4 Å². The van der Waals surface area contributed by atoms with Crippen LogP contribution in [0.3, 0.4) is 0 Å². The number of amides is 1. The Balaban J connectivity index is 1.32. The van der Waals surface area contributed by atoms with Crippen LogP contribution in [-0.4, -0.2) is 23.7 Å². The second kappa shape index (κ2) is 10.2. The van der Waals surface area contributed by atoms with Gasteiger partial charge in [-0.05, 0) is 75.0 Å². The number of fused-ring (bicyclic) bond motifs is 2. The van der Waals surface area contributed by atoms with E-state index in [2.05, 4.69) is 66.0 Å². The van der Waals surface area contributed by atoms with Crippen LogP contribution in [0.1, 0.15) is 31.9 Å². The first kappa shape index (κ1) is 25.6. The Morgan fingerprint density at radius 1 is 0.700 bits per heavy atom. The molecule has 0 aliphatic carbocycles. The van der Waals surface area contributed by atoms with E-state index in [1.54, 1.807) is 20.8 Å². The number of hydrogen-bond donors (Lipinski definition) is 1. The Hall–Kier alpha value is -4.64. The number of carbonyl (C=O) groups is 2. The maximum Gasteiger partial charge on any atom is 0.408 e. The normalized spacial score (nSPS) is 12.7. The van der Waals surface area contributed by atoms with E-state index in [1.165, 1.54) is 32.3 Å². The number of nitrogens with one attached hydrogen (secondary N) is 1. The van der Waals surface area contributed by atoms with Crippen LogP contribution < -0.4 is 5.32 Å². The average molecular weight is 530 g/mol. The summed E-state index contributed by atoms with van der Waals surface area (Å²) >= 11 is 0. The average Bonchev–Trinajstić information content (AvgIpc) is 2.94. The Morgan fingerprint density at radius 2 is 1.30 bits per heavy atom. The highest BCUT2D eigenvalue weighted by molar-refractivity contribution is 6.33. The number of alkyl carbamates (subject to hydrolysis) is 1. The number of ether oxygens (including phenoxy) is 2. The third-order valence-corrected chi connectivity index (χ3v) is 7.24. The third-order valence-electron chi connectivity index (χ3n) is 7.24. The minimum absolute atomic E-state index is 0.0895. The van der Waals surface area contributed by atoms with Gasteiger partial charge >= 0.3 is 12.1 Å². The number of benzene rings is 6. The van der Waals surface area contributed by atoms with Gasteiger partial charge in [-0.25, -0.2) is 9.59 Å².